The maximum atomic E-state index is 17.6. The van der Waals surface area contributed by atoms with Crippen molar-refractivity contribution in [1.82, 2.24) is 14.8 Å². The van der Waals surface area contributed by atoms with E-state index in [1.807, 2.05) is 21.9 Å². The molecule has 722 valence electrons. The molecular weight excluding hydrogens is 1750 g/mol. The van der Waals surface area contributed by atoms with E-state index in [4.69, 9.17) is 23.9 Å². The number of carbonyl (C=O) groups excluding carboxylic acids is 3. The zero-order valence-electron chi connectivity index (χ0n) is 84.9. The van der Waals surface area contributed by atoms with Gasteiger partial charge >= 0.3 is 0 Å². The summed E-state index contributed by atoms with van der Waals surface area (Å²) in [6.45, 7) is 37.8. The second-order valence-corrected chi connectivity index (χ2v) is 43.1. The highest BCUT2D eigenvalue weighted by Gasteiger charge is 2.51. The van der Waals surface area contributed by atoms with Crippen molar-refractivity contribution >= 4 is 115 Å². The van der Waals surface area contributed by atoms with Gasteiger partial charge in [-0.05, 0) is 230 Å². The molecule has 2 aliphatic rings. The first-order valence-electron chi connectivity index (χ1n) is 52.2. The molecule has 4 atom stereocenters. The maximum absolute atomic E-state index is 17.6. The summed E-state index contributed by atoms with van der Waals surface area (Å²) >= 11 is 6.31. The molecule has 0 aliphatic carbocycles. The fourth-order valence-corrected chi connectivity index (χ4v) is 24.5. The highest BCUT2D eigenvalue weighted by Crippen LogP contribution is 2.54. The van der Waals surface area contributed by atoms with Crippen LogP contribution in [0.15, 0.2) is 181 Å². The quantitative estimate of drug-likeness (QED) is 0.0209. The lowest BCUT2D eigenvalue weighted by Crippen LogP contribution is -2.56. The van der Waals surface area contributed by atoms with Gasteiger partial charge in [0.2, 0.25) is 6.71 Å². The summed E-state index contributed by atoms with van der Waals surface area (Å²) in [7, 11) is 0. The number of rotatable bonds is 58. The Kier molecular flexibility index (Phi) is 39.6. The molecule has 11 aromatic rings. The van der Waals surface area contributed by atoms with Crippen molar-refractivity contribution in [1.29, 1.82) is 0 Å². The van der Waals surface area contributed by atoms with Crippen LogP contribution in [0.3, 0.4) is 0 Å². The molecule has 7 aromatic carbocycles. The van der Waals surface area contributed by atoms with E-state index in [0.29, 0.717) is 101 Å². The molecule has 13 rings (SSSR count). The van der Waals surface area contributed by atoms with Crippen molar-refractivity contribution in [2.45, 2.75) is 316 Å². The summed E-state index contributed by atoms with van der Waals surface area (Å²) in [5.41, 5.74) is 21.1. The number of amides is 2. The molecule has 0 saturated carbocycles. The molecule has 0 radical (unpaired) electrons. The largest absolute Gasteiger partial charge is 0.493 e. The third-order valence-electron chi connectivity index (χ3n) is 28.4. The van der Waals surface area contributed by atoms with Gasteiger partial charge in [0, 0.05) is 37.9 Å². The van der Waals surface area contributed by atoms with E-state index >= 15 is 9.59 Å². The number of carbonyl (C=O) groups is 3. The van der Waals surface area contributed by atoms with E-state index in [1.165, 1.54) is 144 Å². The molecule has 0 saturated heterocycles. The lowest BCUT2D eigenvalue weighted by molar-refractivity contribution is -0.124. The Balaban J connectivity index is 1.01. The number of unbranched alkanes of at least 4 members (excludes halogenated alkanes) is 14. The molecule has 136 heavy (non-hydrogen) atoms. The van der Waals surface area contributed by atoms with Gasteiger partial charge in [-0.15, -0.1) is 45.3 Å². The van der Waals surface area contributed by atoms with Gasteiger partial charge in [0.1, 0.15) is 28.0 Å². The van der Waals surface area contributed by atoms with Crippen LogP contribution in [0, 0.1) is 65.2 Å². The van der Waals surface area contributed by atoms with Crippen molar-refractivity contribution in [3.05, 3.63) is 251 Å². The highest BCUT2D eigenvalue weighted by atomic mass is 32.1. The monoisotopic (exact) mass is 1900 g/mol. The number of aryl methyl sites for hydroxylation is 8. The van der Waals surface area contributed by atoms with Crippen LogP contribution in [-0.2, 0) is 35.5 Å². The second-order valence-electron chi connectivity index (χ2n) is 38.8. The van der Waals surface area contributed by atoms with Crippen LogP contribution < -0.4 is 40.2 Å². The van der Waals surface area contributed by atoms with Crippen molar-refractivity contribution < 1.29 is 33.3 Å². The van der Waals surface area contributed by atoms with E-state index in [0.717, 1.165) is 195 Å². The van der Waals surface area contributed by atoms with E-state index in [2.05, 4.69) is 267 Å². The normalized spacial score (nSPS) is 13.6. The summed E-state index contributed by atoms with van der Waals surface area (Å²) in [6, 6.07) is 60.0. The van der Waals surface area contributed by atoms with Crippen LogP contribution in [0.2, 0.25) is 0 Å². The average Bonchev–Trinajstić information content (AvgIpc) is 1.54. The highest BCUT2D eigenvalue weighted by molar-refractivity contribution is 7.28. The molecule has 2 amide bonds. The first kappa shape index (κ1) is 104. The summed E-state index contributed by atoms with van der Waals surface area (Å²) in [5.74, 6) is 3.36. The first-order chi connectivity index (χ1) is 66.3. The van der Waals surface area contributed by atoms with Crippen molar-refractivity contribution in [2.75, 3.05) is 31.3 Å². The summed E-state index contributed by atoms with van der Waals surface area (Å²) in [4.78, 5) is 65.4. The fraction of sp³-hybridized carbons (Fsp3) is 0.467. The van der Waals surface area contributed by atoms with Crippen molar-refractivity contribution in [2.24, 2.45) is 23.7 Å². The topological polar surface area (TPSA) is 111 Å². The number of hydrogen-bond acceptors (Lipinski definition) is 13. The average molecular weight is 1900 g/mol. The Bertz CT molecular complexity index is 5530. The Hall–Kier alpha value is -9.58. The number of aromatic nitrogens is 1. The number of thiazole rings is 1. The van der Waals surface area contributed by atoms with Crippen LogP contribution in [0.4, 0.5) is 17.1 Å². The van der Waals surface area contributed by atoms with Crippen LogP contribution in [0.1, 0.15) is 324 Å². The van der Waals surface area contributed by atoms with Gasteiger partial charge in [-0.25, -0.2) is 4.98 Å². The van der Waals surface area contributed by atoms with Crippen molar-refractivity contribution in [3.8, 4) is 53.1 Å². The SMILES string of the molecule is CCCCCCCCc1ccc(N(c2ccc(CCCCCCCC)cc2)c2ccc(-c3ccc(C4=C5C(=O)N(Cc6c(OCC(CC)CCCC)cccc6OCC(CC)CCCC)C(c6ccc(-c7cc(B(c8c(C)cc(C)cc8C)c8c(C)cc(C)cc8C)c(-c8ncc(C=O)s8)s7)s6)=C5C(=O)N4Cc4c(OCC(CC)CCCC)cccc4OCC(CC)CCCC)s3)cc2)cc1. The van der Waals surface area contributed by atoms with E-state index in [1.54, 1.807) is 40.2 Å². The number of thiophene rings is 3. The predicted molar refractivity (Wildman–Crippen MR) is 582 cm³/mol. The van der Waals surface area contributed by atoms with E-state index in [9.17, 15) is 4.79 Å². The zero-order chi connectivity index (χ0) is 96.2. The van der Waals surface area contributed by atoms with Gasteiger partial charge in [0.15, 0.2) is 6.29 Å². The predicted octanol–water partition coefficient (Wildman–Crippen LogP) is 32.4. The molecule has 6 heterocycles. The van der Waals surface area contributed by atoms with Crippen LogP contribution in [-0.4, -0.2) is 66.0 Å². The lowest BCUT2D eigenvalue weighted by Gasteiger charge is -2.28. The van der Waals surface area contributed by atoms with Crippen molar-refractivity contribution in [3.63, 3.8) is 0 Å². The Morgan fingerprint density at radius 3 is 1.10 bits per heavy atom. The summed E-state index contributed by atoms with van der Waals surface area (Å²) in [6.07, 6.45) is 36.7. The standard InChI is InChI=1S/C120H153BN4O7S4/c1-17-27-33-35-37-39-47-92-53-59-95(60-54-92)125(96-61-55-93(56-62-96)48-40-38-36-34-28-18-2)97-63-57-94(58-64-97)106-65-67-108(134-106)115-111-112(120(128)123(115)75-99-102(129-78-88(23-7)43-29-19-3)49-41-50-103(99)130-79-89(24-8)44-30-20-4)116(124(119(111)127)76-100-104(131-80-90(25-9)45-31-21-5)51-42-52-105(100)132-81-91(26-10)46-32-22-6)109-68-66-107(135-109)110-73-101(117(136-110)118-122-74-98(77-126)133-118)121(113-84(13)69-82(11)70-85(113)14)114-86(15)71-83(12)72-87(114)16/h41-42,49-74,77,88-91H,17-40,43-48,75-76,78-81H2,1-16H3. The van der Waals surface area contributed by atoms with Gasteiger partial charge in [0.25, 0.3) is 11.8 Å². The molecule has 0 spiro atoms. The number of anilines is 3. The number of benzene rings is 7. The number of hydrogen-bond donors (Lipinski definition) is 0. The molecule has 4 unspecified atom stereocenters. The number of fused-ring (bicyclic) bond motifs is 1. The summed E-state index contributed by atoms with van der Waals surface area (Å²) in [5, 5.41) is 0.774. The number of ether oxygens (including phenoxy) is 4. The third-order valence-corrected chi connectivity index (χ3v) is 33.0. The minimum Gasteiger partial charge on any atom is -0.493 e. The minimum absolute atomic E-state index is 0.0498. The van der Waals surface area contributed by atoms with Crippen LogP contribution in [0.25, 0.3) is 41.5 Å². The summed E-state index contributed by atoms with van der Waals surface area (Å²) < 4.78 is 28.7. The second kappa shape index (κ2) is 51.9. The molecule has 0 bridgehead atoms. The Labute approximate surface area is 832 Å². The first-order valence-corrected chi connectivity index (χ1v) is 55.4. The molecular formula is C120H153BN4O7S4. The van der Waals surface area contributed by atoms with Gasteiger partial charge in [-0.1, -0.05) is 328 Å². The fourth-order valence-electron chi connectivity index (χ4n) is 20.3. The van der Waals surface area contributed by atoms with Crippen LogP contribution >= 0.6 is 45.3 Å². The third kappa shape index (κ3) is 26.1. The van der Waals surface area contributed by atoms with E-state index in [-0.39, 0.29) is 31.6 Å². The molecule has 0 N–H and O–H groups in total. The lowest BCUT2D eigenvalue weighted by atomic mass is 9.34. The Morgan fingerprint density at radius 1 is 0.382 bits per heavy atom. The number of aldehydes is 1. The maximum Gasteiger partial charge on any atom is 0.261 e. The molecule has 2 aliphatic heterocycles. The molecule has 11 nitrogen and oxygen atoms in total. The van der Waals surface area contributed by atoms with Gasteiger partial charge in [0.05, 0.1) is 92.7 Å². The Morgan fingerprint density at radius 2 is 0.735 bits per heavy atom. The molecule has 16 heteroatoms. The minimum atomic E-state index is -0.281. The number of nitrogens with zero attached hydrogens (tertiary/aromatic N) is 4. The van der Waals surface area contributed by atoms with Gasteiger partial charge in [-0.3, -0.25) is 14.4 Å². The van der Waals surface area contributed by atoms with E-state index < -0.39 is 0 Å². The zero-order valence-corrected chi connectivity index (χ0v) is 88.1. The van der Waals surface area contributed by atoms with Gasteiger partial charge in [-0.2, -0.15) is 0 Å². The smallest absolute Gasteiger partial charge is 0.261 e. The molecule has 0 fully saturated rings. The van der Waals surface area contributed by atoms with Gasteiger partial charge < -0.3 is 33.6 Å². The van der Waals surface area contributed by atoms with Crippen LogP contribution in [0.5, 0.6) is 23.0 Å². The molecule has 4 aromatic heterocycles.